The van der Waals surface area contributed by atoms with E-state index in [4.69, 9.17) is 14.5 Å². The Bertz CT molecular complexity index is 1370. The van der Waals surface area contributed by atoms with Crippen LogP contribution in [0.5, 0.6) is 0 Å². The summed E-state index contributed by atoms with van der Waals surface area (Å²) in [5, 5.41) is 6.52. The van der Waals surface area contributed by atoms with Crippen molar-refractivity contribution in [1.29, 1.82) is 0 Å². The van der Waals surface area contributed by atoms with Gasteiger partial charge >= 0.3 is 0 Å². The molecule has 4 aliphatic rings. The predicted molar refractivity (Wildman–Crippen MR) is 156 cm³/mol. The second-order valence-corrected chi connectivity index (χ2v) is 11.6. The first kappa shape index (κ1) is 29.5. The van der Waals surface area contributed by atoms with Crippen LogP contribution in [0.15, 0.2) is 35.3 Å². The number of rotatable bonds is 6. The summed E-state index contributed by atoms with van der Waals surface area (Å²) >= 11 is 0. The standard InChI is InChI=1S/C30H39F2N7O4/c1-19(40)37-12-10-21(11-13-37)33-29(41)20-6-8-22(9-7-20)43-26-18-25(35-30(36-26)38-14-16-42-17-15-38)39-24-5-3-2-4-23(24)34-28(39)27(31)32/h2-5,18,20-22,27,30,35H,6-17H2,1H3,(H,33,41)/t20-,22-,30?. The van der Waals surface area contributed by atoms with Crippen molar-refractivity contribution in [2.24, 2.45) is 10.9 Å². The summed E-state index contributed by atoms with van der Waals surface area (Å²) in [7, 11) is 0. The molecule has 13 heteroatoms. The fourth-order valence-electron chi connectivity index (χ4n) is 6.39. The van der Waals surface area contributed by atoms with Crippen molar-refractivity contribution < 1.29 is 27.8 Å². The van der Waals surface area contributed by atoms with E-state index in [0.717, 1.165) is 12.8 Å². The second-order valence-electron chi connectivity index (χ2n) is 11.6. The van der Waals surface area contributed by atoms with Gasteiger partial charge in [0.15, 0.2) is 12.1 Å². The molecule has 1 atom stereocenters. The lowest BCUT2D eigenvalue weighted by Crippen LogP contribution is -2.51. The van der Waals surface area contributed by atoms with Crippen LogP contribution >= 0.6 is 0 Å². The van der Waals surface area contributed by atoms with Gasteiger partial charge in [0.05, 0.1) is 24.2 Å². The quantitative estimate of drug-likeness (QED) is 0.525. The number of halogens is 2. The fraction of sp³-hybridized carbons (Fsp3) is 0.600. The Morgan fingerprint density at radius 2 is 1.77 bits per heavy atom. The van der Waals surface area contributed by atoms with Crippen molar-refractivity contribution >= 4 is 34.6 Å². The molecular formula is C30H39F2N7O4. The van der Waals surface area contributed by atoms with Crippen LogP contribution in [0.4, 0.5) is 8.78 Å². The highest BCUT2D eigenvalue weighted by atomic mass is 19.3. The number of amides is 2. The first-order chi connectivity index (χ1) is 20.9. The second kappa shape index (κ2) is 13.0. The summed E-state index contributed by atoms with van der Waals surface area (Å²) < 4.78 is 41.7. The number of hydrogen-bond donors (Lipinski definition) is 2. The topological polar surface area (TPSA) is 113 Å². The van der Waals surface area contributed by atoms with Gasteiger partial charge in [-0.05, 0) is 50.7 Å². The number of nitrogens with one attached hydrogen (secondary N) is 2. The van der Waals surface area contributed by atoms with E-state index < -0.39 is 12.7 Å². The van der Waals surface area contributed by atoms with Crippen molar-refractivity contribution in [3.63, 3.8) is 0 Å². The van der Waals surface area contributed by atoms with Crippen LogP contribution in [0.3, 0.4) is 0 Å². The fourth-order valence-corrected chi connectivity index (χ4v) is 6.39. The third-order valence-corrected chi connectivity index (χ3v) is 8.82. The number of fused-ring (bicyclic) bond motifs is 1. The number of imidazole rings is 1. The third kappa shape index (κ3) is 6.67. The van der Waals surface area contributed by atoms with E-state index in [0.29, 0.717) is 87.8 Å². The van der Waals surface area contributed by atoms with E-state index in [1.54, 1.807) is 37.3 Å². The molecule has 232 valence electrons. The zero-order valence-electron chi connectivity index (χ0n) is 24.4. The molecule has 0 radical (unpaired) electrons. The average molecular weight is 600 g/mol. The van der Waals surface area contributed by atoms with E-state index in [2.05, 4.69) is 20.5 Å². The Balaban J connectivity index is 1.14. The molecule has 6 rings (SSSR count). The number of benzene rings is 1. The maximum absolute atomic E-state index is 14.2. The number of ether oxygens (including phenoxy) is 2. The highest BCUT2D eigenvalue weighted by Crippen LogP contribution is 2.30. The first-order valence-electron chi connectivity index (χ1n) is 15.2. The Labute approximate surface area is 249 Å². The Morgan fingerprint density at radius 1 is 1.05 bits per heavy atom. The van der Waals surface area contributed by atoms with E-state index in [1.807, 2.05) is 4.90 Å². The smallest absolute Gasteiger partial charge is 0.296 e. The van der Waals surface area contributed by atoms with Crippen molar-refractivity contribution in [3.8, 4) is 0 Å². The lowest BCUT2D eigenvalue weighted by atomic mass is 9.86. The maximum Gasteiger partial charge on any atom is 0.296 e. The number of carbonyl (C=O) groups excluding carboxylic acids is 2. The first-order valence-corrected chi connectivity index (χ1v) is 15.2. The SMILES string of the molecule is CC(=O)N1CCC(NC(=O)[C@H]2CC[C@H](OC3=NC(N4CCOCC4)NC(n4c(C(F)F)nc5ccccc54)=C3)CC2)CC1. The van der Waals surface area contributed by atoms with Crippen LogP contribution in [-0.4, -0.2) is 94.9 Å². The molecule has 2 saturated heterocycles. The van der Waals surface area contributed by atoms with Gasteiger partial charge in [-0.2, -0.15) is 0 Å². The van der Waals surface area contributed by atoms with Gasteiger partial charge in [-0.25, -0.2) is 18.8 Å². The van der Waals surface area contributed by atoms with Crippen molar-refractivity contribution in [1.82, 2.24) is 30.0 Å². The van der Waals surface area contributed by atoms with E-state index in [9.17, 15) is 18.4 Å². The monoisotopic (exact) mass is 599 g/mol. The largest absolute Gasteiger partial charge is 0.474 e. The summed E-state index contributed by atoms with van der Waals surface area (Å²) in [6.45, 7) is 5.32. The van der Waals surface area contributed by atoms with Crippen molar-refractivity contribution in [2.45, 2.75) is 70.3 Å². The van der Waals surface area contributed by atoms with Gasteiger partial charge in [0.25, 0.3) is 6.43 Å². The van der Waals surface area contributed by atoms with Crippen LogP contribution in [0.25, 0.3) is 16.9 Å². The molecule has 0 bridgehead atoms. The Morgan fingerprint density at radius 3 is 2.47 bits per heavy atom. The zero-order chi connectivity index (χ0) is 29.9. The van der Waals surface area contributed by atoms with Crippen molar-refractivity contribution in [3.05, 3.63) is 36.2 Å². The molecule has 2 amide bonds. The summed E-state index contributed by atoms with van der Waals surface area (Å²) in [4.78, 5) is 37.5. The highest BCUT2D eigenvalue weighted by molar-refractivity contribution is 5.95. The minimum absolute atomic E-state index is 0.0695. The van der Waals surface area contributed by atoms with Gasteiger partial charge in [0.2, 0.25) is 17.7 Å². The van der Waals surface area contributed by atoms with Crippen LogP contribution in [0.2, 0.25) is 0 Å². The Hall–Kier alpha value is -3.58. The number of morpholine rings is 1. The van der Waals surface area contributed by atoms with Gasteiger partial charge in [-0.1, -0.05) is 12.1 Å². The number of aliphatic imine (C=N–C) groups is 1. The number of piperidine rings is 1. The minimum atomic E-state index is -2.77. The molecule has 1 aromatic heterocycles. The van der Waals surface area contributed by atoms with Crippen LogP contribution in [0, 0.1) is 5.92 Å². The zero-order valence-corrected chi connectivity index (χ0v) is 24.4. The van der Waals surface area contributed by atoms with Crippen LogP contribution < -0.4 is 10.6 Å². The minimum Gasteiger partial charge on any atom is -0.474 e. The van der Waals surface area contributed by atoms with E-state index >= 15 is 0 Å². The molecule has 43 heavy (non-hydrogen) atoms. The van der Waals surface area contributed by atoms with Gasteiger partial charge < -0.3 is 25.0 Å². The lowest BCUT2D eigenvalue weighted by Gasteiger charge is -2.36. The number of aromatic nitrogens is 2. The molecule has 1 unspecified atom stereocenters. The lowest BCUT2D eigenvalue weighted by molar-refractivity contribution is -0.130. The number of hydrogen-bond acceptors (Lipinski definition) is 8. The molecule has 3 aliphatic heterocycles. The maximum atomic E-state index is 14.2. The number of alkyl halides is 2. The van der Waals surface area contributed by atoms with Gasteiger partial charge in [0.1, 0.15) is 11.9 Å². The molecular weight excluding hydrogens is 560 g/mol. The summed E-state index contributed by atoms with van der Waals surface area (Å²) in [5.74, 6) is 0.509. The molecule has 1 saturated carbocycles. The predicted octanol–water partition coefficient (Wildman–Crippen LogP) is 3.09. The number of carbonyl (C=O) groups is 2. The molecule has 2 aromatic rings. The van der Waals surface area contributed by atoms with Crippen LogP contribution in [0.1, 0.15) is 57.7 Å². The van der Waals surface area contributed by atoms with E-state index in [-0.39, 0.29) is 35.7 Å². The normalized spacial score (nSPS) is 25.7. The summed E-state index contributed by atoms with van der Waals surface area (Å²) in [5.41, 5.74) is 1.05. The molecule has 0 spiro atoms. The molecule has 2 N–H and O–H groups in total. The molecule has 4 heterocycles. The van der Waals surface area contributed by atoms with E-state index in [1.165, 1.54) is 4.57 Å². The molecule has 1 aromatic carbocycles. The van der Waals surface area contributed by atoms with Gasteiger partial charge in [0, 0.05) is 51.1 Å². The summed E-state index contributed by atoms with van der Waals surface area (Å²) in [6.07, 6.45) is 2.56. The number of likely N-dealkylation sites (tertiary alicyclic amines) is 1. The van der Waals surface area contributed by atoms with Gasteiger partial charge in [-0.3, -0.25) is 19.1 Å². The average Bonchev–Trinajstić information content (AvgIpc) is 3.42. The third-order valence-electron chi connectivity index (χ3n) is 8.82. The summed E-state index contributed by atoms with van der Waals surface area (Å²) in [6, 6.07) is 7.16. The molecule has 11 nitrogen and oxygen atoms in total. The molecule has 3 fully saturated rings. The van der Waals surface area contributed by atoms with Crippen molar-refractivity contribution in [2.75, 3.05) is 39.4 Å². The Kier molecular flexibility index (Phi) is 8.89. The van der Waals surface area contributed by atoms with Crippen LogP contribution in [-0.2, 0) is 19.1 Å². The van der Waals surface area contributed by atoms with Gasteiger partial charge in [-0.15, -0.1) is 0 Å². The highest BCUT2D eigenvalue weighted by Gasteiger charge is 2.33. The number of nitrogens with zero attached hydrogens (tertiary/aromatic N) is 5. The molecule has 1 aliphatic carbocycles. The number of para-hydroxylation sites is 2.